The van der Waals surface area contributed by atoms with Crippen LogP contribution in [-0.2, 0) is 9.59 Å². The second-order valence-electron chi connectivity index (χ2n) is 6.68. The van der Waals surface area contributed by atoms with Gasteiger partial charge in [0.15, 0.2) is 0 Å². The maximum Gasteiger partial charge on any atom is 0.294 e. The first-order chi connectivity index (χ1) is 14.2. The summed E-state index contributed by atoms with van der Waals surface area (Å²) in [6.45, 7) is 3.23. The number of nitrogens with one attached hydrogen (secondary N) is 1. The SMILES string of the molecule is CC(C)Oc1ccc(C=C2SC(=O)N(CC(=O)Nc3ccc(F)cc3F)C2=O)cc1. The van der Waals surface area contributed by atoms with Crippen LogP contribution in [0.15, 0.2) is 47.4 Å². The van der Waals surface area contributed by atoms with E-state index < -0.39 is 35.2 Å². The van der Waals surface area contributed by atoms with Gasteiger partial charge in [0.2, 0.25) is 5.91 Å². The predicted octanol–water partition coefficient (Wildman–Crippen LogP) is 4.43. The number of ether oxygens (including phenoxy) is 1. The molecule has 2 aromatic carbocycles. The predicted molar refractivity (Wildman–Crippen MR) is 110 cm³/mol. The number of carbonyl (C=O) groups is 3. The van der Waals surface area contributed by atoms with Gasteiger partial charge in [-0.2, -0.15) is 0 Å². The van der Waals surface area contributed by atoms with Crippen molar-refractivity contribution in [2.45, 2.75) is 20.0 Å². The zero-order valence-corrected chi connectivity index (χ0v) is 17.0. The van der Waals surface area contributed by atoms with Crippen molar-refractivity contribution in [3.63, 3.8) is 0 Å². The first-order valence-electron chi connectivity index (χ1n) is 9.00. The number of hydrogen-bond acceptors (Lipinski definition) is 5. The minimum Gasteiger partial charge on any atom is -0.491 e. The van der Waals surface area contributed by atoms with Crippen LogP contribution < -0.4 is 10.1 Å². The van der Waals surface area contributed by atoms with Crippen LogP contribution in [0.5, 0.6) is 5.75 Å². The Kier molecular flexibility index (Phi) is 6.51. The summed E-state index contributed by atoms with van der Waals surface area (Å²) in [7, 11) is 0. The second kappa shape index (κ2) is 9.08. The van der Waals surface area contributed by atoms with Crippen molar-refractivity contribution in [1.82, 2.24) is 4.90 Å². The summed E-state index contributed by atoms with van der Waals surface area (Å²) in [6, 6.07) is 9.66. The van der Waals surface area contributed by atoms with E-state index in [1.807, 2.05) is 13.8 Å². The summed E-state index contributed by atoms with van der Waals surface area (Å²) < 4.78 is 32.2. The van der Waals surface area contributed by atoms with Gasteiger partial charge in [0, 0.05) is 6.07 Å². The summed E-state index contributed by atoms with van der Waals surface area (Å²) in [6.07, 6.45) is 1.57. The molecule has 1 heterocycles. The van der Waals surface area contributed by atoms with E-state index in [4.69, 9.17) is 4.74 Å². The van der Waals surface area contributed by atoms with Gasteiger partial charge >= 0.3 is 0 Å². The number of halogens is 2. The Balaban J connectivity index is 1.66. The molecule has 0 radical (unpaired) electrons. The molecule has 0 unspecified atom stereocenters. The molecule has 9 heteroatoms. The van der Waals surface area contributed by atoms with Crippen LogP contribution >= 0.6 is 11.8 Å². The minimum absolute atomic E-state index is 0.0295. The lowest BCUT2D eigenvalue weighted by Gasteiger charge is -2.12. The molecule has 3 amide bonds. The highest BCUT2D eigenvalue weighted by Gasteiger charge is 2.36. The van der Waals surface area contributed by atoms with Crippen molar-refractivity contribution in [1.29, 1.82) is 0 Å². The fourth-order valence-electron chi connectivity index (χ4n) is 2.63. The van der Waals surface area contributed by atoms with Crippen LogP contribution in [0.4, 0.5) is 19.3 Å². The first kappa shape index (κ1) is 21.5. The van der Waals surface area contributed by atoms with Gasteiger partial charge in [-0.1, -0.05) is 12.1 Å². The number of rotatable bonds is 6. The molecule has 2 aromatic rings. The van der Waals surface area contributed by atoms with Gasteiger partial charge in [0.25, 0.3) is 11.1 Å². The van der Waals surface area contributed by atoms with Gasteiger partial charge in [0.05, 0.1) is 16.7 Å². The Labute approximate surface area is 175 Å². The molecule has 0 aliphatic carbocycles. The Morgan fingerprint density at radius 3 is 2.50 bits per heavy atom. The van der Waals surface area contributed by atoms with Crippen molar-refractivity contribution < 1.29 is 27.9 Å². The van der Waals surface area contributed by atoms with Gasteiger partial charge < -0.3 is 10.1 Å². The summed E-state index contributed by atoms with van der Waals surface area (Å²) in [4.78, 5) is 37.7. The highest BCUT2D eigenvalue weighted by atomic mass is 32.2. The maximum atomic E-state index is 13.7. The van der Waals surface area contributed by atoms with Crippen LogP contribution in [0.25, 0.3) is 6.08 Å². The Morgan fingerprint density at radius 2 is 1.87 bits per heavy atom. The van der Waals surface area contributed by atoms with E-state index >= 15 is 0 Å². The van der Waals surface area contributed by atoms with Crippen LogP contribution in [0.3, 0.4) is 0 Å². The van der Waals surface area contributed by atoms with E-state index in [2.05, 4.69) is 5.32 Å². The molecule has 6 nitrogen and oxygen atoms in total. The van der Waals surface area contributed by atoms with Gasteiger partial charge in [-0.15, -0.1) is 0 Å². The van der Waals surface area contributed by atoms with Gasteiger partial charge in [-0.3, -0.25) is 19.3 Å². The topological polar surface area (TPSA) is 75.7 Å². The molecular formula is C21H18F2N2O4S. The van der Waals surface area contributed by atoms with Crippen molar-refractivity contribution in [2.75, 3.05) is 11.9 Å². The monoisotopic (exact) mass is 432 g/mol. The van der Waals surface area contributed by atoms with E-state index in [9.17, 15) is 23.2 Å². The highest BCUT2D eigenvalue weighted by molar-refractivity contribution is 8.18. The van der Waals surface area contributed by atoms with Crippen molar-refractivity contribution >= 4 is 40.6 Å². The number of imide groups is 1. The molecule has 0 spiro atoms. The fourth-order valence-corrected chi connectivity index (χ4v) is 3.46. The lowest BCUT2D eigenvalue weighted by atomic mass is 10.2. The Morgan fingerprint density at radius 1 is 1.17 bits per heavy atom. The van der Waals surface area contributed by atoms with E-state index in [-0.39, 0.29) is 16.7 Å². The molecule has 0 saturated carbocycles. The molecule has 3 rings (SSSR count). The number of carbonyl (C=O) groups excluding carboxylic acids is 3. The lowest BCUT2D eigenvalue weighted by Crippen LogP contribution is -2.36. The summed E-state index contributed by atoms with van der Waals surface area (Å²) in [5.74, 6) is -2.46. The van der Waals surface area contributed by atoms with Gasteiger partial charge in [0.1, 0.15) is 23.9 Å². The quantitative estimate of drug-likeness (QED) is 0.684. The molecule has 156 valence electrons. The molecule has 1 N–H and O–H groups in total. The standard InChI is InChI=1S/C21H18F2N2O4S/c1-12(2)29-15-6-3-13(4-7-15)9-18-20(27)25(21(28)30-18)11-19(26)24-17-8-5-14(22)10-16(17)23/h3-10,12H,11H2,1-2H3,(H,24,26). The highest BCUT2D eigenvalue weighted by Crippen LogP contribution is 2.32. The fraction of sp³-hybridized carbons (Fsp3) is 0.190. The summed E-state index contributed by atoms with van der Waals surface area (Å²) in [5.41, 5.74) is 0.446. The normalized spacial score (nSPS) is 15.2. The van der Waals surface area contributed by atoms with Crippen molar-refractivity contribution in [2.24, 2.45) is 0 Å². The smallest absolute Gasteiger partial charge is 0.294 e. The molecule has 0 bridgehead atoms. The number of thioether (sulfide) groups is 1. The average Bonchev–Trinajstić information content (AvgIpc) is 2.92. The summed E-state index contributed by atoms with van der Waals surface area (Å²) in [5, 5.41) is 1.61. The molecule has 0 aromatic heterocycles. The van der Waals surface area contributed by atoms with E-state index in [1.165, 1.54) is 0 Å². The number of anilines is 1. The number of hydrogen-bond donors (Lipinski definition) is 1. The van der Waals surface area contributed by atoms with Crippen LogP contribution in [0, 0.1) is 11.6 Å². The molecule has 1 aliphatic heterocycles. The van der Waals surface area contributed by atoms with E-state index in [0.717, 1.165) is 17.0 Å². The molecular weight excluding hydrogens is 414 g/mol. The number of nitrogens with zero attached hydrogens (tertiary/aromatic N) is 1. The number of amides is 3. The van der Waals surface area contributed by atoms with Crippen molar-refractivity contribution in [3.8, 4) is 5.75 Å². The van der Waals surface area contributed by atoms with Crippen LogP contribution in [0.2, 0.25) is 0 Å². The molecule has 1 fully saturated rings. The average molecular weight is 432 g/mol. The molecule has 1 aliphatic rings. The largest absolute Gasteiger partial charge is 0.491 e. The van der Waals surface area contributed by atoms with Crippen LogP contribution in [-0.4, -0.2) is 34.6 Å². The second-order valence-corrected chi connectivity index (χ2v) is 7.67. The van der Waals surface area contributed by atoms with Crippen molar-refractivity contribution in [3.05, 3.63) is 64.6 Å². The third-order valence-electron chi connectivity index (χ3n) is 3.93. The Bertz CT molecular complexity index is 1020. The molecule has 1 saturated heterocycles. The zero-order valence-electron chi connectivity index (χ0n) is 16.1. The zero-order chi connectivity index (χ0) is 21.8. The first-order valence-corrected chi connectivity index (χ1v) is 9.81. The molecule has 30 heavy (non-hydrogen) atoms. The third kappa shape index (κ3) is 5.24. The minimum atomic E-state index is -0.956. The number of benzene rings is 2. The lowest BCUT2D eigenvalue weighted by molar-refractivity contribution is -0.127. The molecule has 0 atom stereocenters. The third-order valence-corrected chi connectivity index (χ3v) is 4.84. The van der Waals surface area contributed by atoms with Crippen LogP contribution in [0.1, 0.15) is 19.4 Å². The Hall–Kier alpha value is -3.20. The van der Waals surface area contributed by atoms with E-state index in [0.29, 0.717) is 29.1 Å². The van der Waals surface area contributed by atoms with Gasteiger partial charge in [-0.25, -0.2) is 8.78 Å². The van der Waals surface area contributed by atoms with E-state index in [1.54, 1.807) is 30.3 Å². The van der Waals surface area contributed by atoms with Gasteiger partial charge in [-0.05, 0) is 61.5 Å². The summed E-state index contributed by atoms with van der Waals surface area (Å²) >= 11 is 0.709. The maximum absolute atomic E-state index is 13.7.